The lowest BCUT2D eigenvalue weighted by atomic mass is 9.90. The fourth-order valence-electron chi connectivity index (χ4n) is 5.92. The normalized spacial score (nSPS) is 14.1. The molecule has 0 spiro atoms. The minimum atomic E-state index is -3.89. The van der Waals surface area contributed by atoms with Crippen molar-refractivity contribution in [2.24, 2.45) is 0 Å². The van der Waals surface area contributed by atoms with Gasteiger partial charge in [-0.2, -0.15) is 0 Å². The number of hydrogen-bond donors (Lipinski definition) is 0. The molecule has 50 heavy (non-hydrogen) atoms. The van der Waals surface area contributed by atoms with Crippen molar-refractivity contribution in [1.29, 1.82) is 0 Å². The van der Waals surface area contributed by atoms with E-state index in [9.17, 15) is 13.2 Å². The maximum absolute atomic E-state index is 14.4. The van der Waals surface area contributed by atoms with Crippen molar-refractivity contribution in [2.45, 2.75) is 109 Å². The molecule has 270 valence electrons. The van der Waals surface area contributed by atoms with Gasteiger partial charge in [-0.1, -0.05) is 108 Å². The molecule has 0 N–H and O–H groups in total. The largest absolute Gasteiger partial charge is 0.458 e. The minimum absolute atomic E-state index is 0.231. The van der Waals surface area contributed by atoms with Crippen LogP contribution in [0.25, 0.3) is 0 Å². The van der Waals surface area contributed by atoms with E-state index in [1.54, 1.807) is 19.1 Å². The quantitative estimate of drug-likeness (QED) is 0.0625. The number of hydrogen-bond acceptors (Lipinski definition) is 6. The fourth-order valence-corrected chi connectivity index (χ4v) is 8.01. The molecule has 0 aliphatic rings. The number of esters is 1. The highest BCUT2D eigenvalue weighted by Gasteiger charge is 2.45. The van der Waals surface area contributed by atoms with Gasteiger partial charge in [0, 0.05) is 6.92 Å². The number of rotatable bonds is 21. The molecule has 0 saturated carbocycles. The Bertz CT molecular complexity index is 1650. The molecule has 3 aromatic rings. The zero-order chi connectivity index (χ0) is 36.4. The molecular formula is C43H56O6S. The van der Waals surface area contributed by atoms with Gasteiger partial charge in [-0.3, -0.25) is 4.79 Å². The molecule has 0 radical (unpaired) electrons. The Morgan fingerprint density at radius 3 is 1.94 bits per heavy atom. The van der Waals surface area contributed by atoms with Crippen LogP contribution in [-0.4, -0.2) is 38.5 Å². The van der Waals surface area contributed by atoms with E-state index >= 15 is 0 Å². The first-order valence-electron chi connectivity index (χ1n) is 17.6. The van der Waals surface area contributed by atoms with E-state index in [-0.39, 0.29) is 11.3 Å². The molecule has 0 aliphatic heterocycles. The Morgan fingerprint density at radius 2 is 1.36 bits per heavy atom. The predicted octanol–water partition coefficient (Wildman–Crippen LogP) is 10.1. The molecule has 0 aliphatic carbocycles. The smallest absolute Gasteiger partial charge is 0.303 e. The lowest BCUT2D eigenvalue weighted by Crippen LogP contribution is -2.48. The number of sulfone groups is 1. The Morgan fingerprint density at radius 1 is 0.760 bits per heavy atom. The third-order valence-corrected chi connectivity index (χ3v) is 11.1. The summed E-state index contributed by atoms with van der Waals surface area (Å²) in [5, 5.41) is -0.965. The summed E-state index contributed by atoms with van der Waals surface area (Å²) in [4.78, 5) is 12.7. The van der Waals surface area contributed by atoms with Crippen LogP contribution in [0.4, 0.5) is 0 Å². The number of carbonyl (C=O) groups excluding carboxylic acids is 1. The Kier molecular flexibility index (Phi) is 16.9. The highest BCUT2D eigenvalue weighted by molar-refractivity contribution is 7.92. The molecule has 3 rings (SSSR count). The predicted molar refractivity (Wildman–Crippen MR) is 203 cm³/mol. The summed E-state index contributed by atoms with van der Waals surface area (Å²) in [5.74, 6) is -0.495. The molecule has 6 nitrogen and oxygen atoms in total. The van der Waals surface area contributed by atoms with Crippen LogP contribution in [0.2, 0.25) is 0 Å². The van der Waals surface area contributed by atoms with Gasteiger partial charge in [0.25, 0.3) is 0 Å². The van der Waals surface area contributed by atoms with Gasteiger partial charge in [-0.25, -0.2) is 8.42 Å². The topological polar surface area (TPSA) is 78.9 Å². The number of aryl methyl sites for hydroxylation is 1. The van der Waals surface area contributed by atoms with Crippen LogP contribution in [0, 0.1) is 6.92 Å². The summed E-state index contributed by atoms with van der Waals surface area (Å²) < 4.78 is 46.8. The summed E-state index contributed by atoms with van der Waals surface area (Å²) in [6, 6.07) is 27.0. The number of benzene rings is 3. The van der Waals surface area contributed by atoms with Crippen molar-refractivity contribution in [3.05, 3.63) is 137 Å². The maximum Gasteiger partial charge on any atom is 0.303 e. The molecule has 0 amide bonds. The average molecular weight is 701 g/mol. The van der Waals surface area contributed by atoms with E-state index in [2.05, 4.69) is 37.3 Å². The van der Waals surface area contributed by atoms with Gasteiger partial charge >= 0.3 is 5.97 Å². The van der Waals surface area contributed by atoms with Crippen LogP contribution >= 0.6 is 0 Å². The average Bonchev–Trinajstić information content (AvgIpc) is 3.07. The second-order valence-electron chi connectivity index (χ2n) is 13.5. The van der Waals surface area contributed by atoms with Gasteiger partial charge in [0.15, 0.2) is 9.84 Å². The second-order valence-corrected chi connectivity index (χ2v) is 15.7. The standard InChI is InChI=1S/C43H56O6S/c1-34(2)15-14-29-43(6,49-37(5)44)42(50(45,46)41-25-22-36(4)23-26-41)27-24-40(33-48-32-39-19-11-8-12-20-39)21-13-16-35(3)28-30-47-31-38-17-9-7-10-18-38/h7-12,15,17-23,25-26,28,42H,13-14,16,24,27,29-33H2,1-6H3/b35-28+,40-21-. The van der Waals surface area contributed by atoms with Crippen molar-refractivity contribution >= 4 is 15.8 Å². The first kappa shape index (κ1) is 40.6. The Balaban J connectivity index is 1.83. The first-order chi connectivity index (χ1) is 23.9. The van der Waals surface area contributed by atoms with E-state index in [0.29, 0.717) is 45.7 Å². The van der Waals surface area contributed by atoms with Crippen LogP contribution in [0.15, 0.2) is 125 Å². The molecule has 3 aromatic carbocycles. The van der Waals surface area contributed by atoms with Crippen LogP contribution in [0.3, 0.4) is 0 Å². The van der Waals surface area contributed by atoms with Crippen LogP contribution < -0.4 is 0 Å². The lowest BCUT2D eigenvalue weighted by molar-refractivity contribution is -0.156. The molecule has 0 saturated heterocycles. The molecule has 2 atom stereocenters. The lowest BCUT2D eigenvalue weighted by Gasteiger charge is -2.37. The summed E-state index contributed by atoms with van der Waals surface area (Å²) in [5.41, 5.74) is 5.32. The summed E-state index contributed by atoms with van der Waals surface area (Å²) in [6.07, 6.45) is 9.70. The zero-order valence-corrected chi connectivity index (χ0v) is 31.6. The molecule has 0 bridgehead atoms. The van der Waals surface area contributed by atoms with Crippen molar-refractivity contribution in [3.8, 4) is 0 Å². The number of allylic oxidation sites excluding steroid dienone is 4. The van der Waals surface area contributed by atoms with Crippen molar-refractivity contribution in [2.75, 3.05) is 13.2 Å². The van der Waals surface area contributed by atoms with Gasteiger partial charge in [-0.05, 0) is 102 Å². The van der Waals surface area contributed by atoms with Gasteiger partial charge in [0.05, 0.1) is 31.3 Å². The number of carbonyl (C=O) groups is 1. The van der Waals surface area contributed by atoms with Crippen molar-refractivity contribution in [3.63, 3.8) is 0 Å². The third-order valence-electron chi connectivity index (χ3n) is 8.73. The summed E-state index contributed by atoms with van der Waals surface area (Å²) in [7, 11) is -3.89. The van der Waals surface area contributed by atoms with Gasteiger partial charge in [-0.15, -0.1) is 0 Å². The summed E-state index contributed by atoms with van der Waals surface area (Å²) >= 11 is 0. The molecule has 0 fully saturated rings. The summed E-state index contributed by atoms with van der Waals surface area (Å²) in [6.45, 7) is 13.1. The SMILES string of the molecule is CC(=O)OC(C)(CCC=C(C)C)C(CC/C(=C/CC/C(C)=C/COCc1ccccc1)COCc1ccccc1)S(=O)(=O)c1ccc(C)cc1. The maximum atomic E-state index is 14.4. The van der Waals surface area contributed by atoms with E-state index in [0.717, 1.165) is 40.7 Å². The Labute approximate surface area is 301 Å². The molecule has 7 heteroatoms. The highest BCUT2D eigenvalue weighted by atomic mass is 32.2. The van der Waals surface area contributed by atoms with Crippen molar-refractivity contribution < 1.29 is 27.4 Å². The number of ether oxygens (including phenoxy) is 3. The second kappa shape index (κ2) is 20.8. The van der Waals surface area contributed by atoms with Gasteiger partial charge in [0.2, 0.25) is 0 Å². The first-order valence-corrected chi connectivity index (χ1v) is 19.1. The third kappa shape index (κ3) is 14.2. The molecule has 2 unspecified atom stereocenters. The van der Waals surface area contributed by atoms with E-state index in [1.807, 2.05) is 81.4 Å². The van der Waals surface area contributed by atoms with E-state index in [4.69, 9.17) is 14.2 Å². The van der Waals surface area contributed by atoms with E-state index in [1.165, 1.54) is 12.5 Å². The highest BCUT2D eigenvalue weighted by Crippen LogP contribution is 2.36. The van der Waals surface area contributed by atoms with E-state index < -0.39 is 26.7 Å². The monoisotopic (exact) mass is 700 g/mol. The zero-order valence-electron chi connectivity index (χ0n) is 30.8. The van der Waals surface area contributed by atoms with Crippen molar-refractivity contribution in [1.82, 2.24) is 0 Å². The molecule has 0 aromatic heterocycles. The molecular weight excluding hydrogens is 645 g/mol. The fraction of sp³-hybridized carbons (Fsp3) is 0.419. The van der Waals surface area contributed by atoms with Gasteiger partial charge in [0.1, 0.15) is 10.9 Å². The molecule has 0 heterocycles. The van der Waals surface area contributed by atoms with Crippen LogP contribution in [0.5, 0.6) is 0 Å². The van der Waals surface area contributed by atoms with Crippen LogP contribution in [0.1, 0.15) is 89.8 Å². The van der Waals surface area contributed by atoms with Gasteiger partial charge < -0.3 is 14.2 Å². The van der Waals surface area contributed by atoms with Crippen LogP contribution in [-0.2, 0) is 42.1 Å². The Hall–Kier alpha value is -3.78. The minimum Gasteiger partial charge on any atom is -0.458 e.